The molecule has 0 saturated heterocycles. The second kappa shape index (κ2) is 11.4. The molecule has 0 aromatic heterocycles. The summed E-state index contributed by atoms with van der Waals surface area (Å²) in [5.74, 6) is 1.48. The standard InChI is InChI=1S/C20H26BrClN2O2/c1-3-25-19-12-16(13-24-10-4-9-23-2)11-18(21)20(19)26-14-15-5-7-17(22)8-6-15/h5-8,11-12,23-24H,3-4,9-10,13-14H2,1-2H3. The lowest BCUT2D eigenvalue weighted by Gasteiger charge is -2.16. The molecule has 0 amide bonds. The number of hydrogen-bond donors (Lipinski definition) is 2. The van der Waals surface area contributed by atoms with Crippen LogP contribution in [0.25, 0.3) is 0 Å². The zero-order chi connectivity index (χ0) is 18.8. The van der Waals surface area contributed by atoms with Crippen LogP contribution in [0.15, 0.2) is 40.9 Å². The van der Waals surface area contributed by atoms with Gasteiger partial charge in [-0.3, -0.25) is 0 Å². The number of benzene rings is 2. The van der Waals surface area contributed by atoms with Gasteiger partial charge in [-0.2, -0.15) is 0 Å². The van der Waals surface area contributed by atoms with Gasteiger partial charge in [0.2, 0.25) is 0 Å². The van der Waals surface area contributed by atoms with Crippen molar-refractivity contribution in [2.45, 2.75) is 26.5 Å². The molecule has 0 heterocycles. The normalized spacial score (nSPS) is 10.8. The topological polar surface area (TPSA) is 42.5 Å². The summed E-state index contributed by atoms with van der Waals surface area (Å²) in [6, 6.07) is 11.8. The van der Waals surface area contributed by atoms with Crippen LogP contribution in [0.1, 0.15) is 24.5 Å². The highest BCUT2D eigenvalue weighted by atomic mass is 79.9. The van der Waals surface area contributed by atoms with Gasteiger partial charge in [0.25, 0.3) is 0 Å². The van der Waals surface area contributed by atoms with Crippen LogP contribution in [-0.2, 0) is 13.2 Å². The zero-order valence-corrected chi connectivity index (χ0v) is 17.6. The van der Waals surface area contributed by atoms with Crippen molar-refractivity contribution in [1.82, 2.24) is 10.6 Å². The van der Waals surface area contributed by atoms with E-state index in [1.807, 2.05) is 44.3 Å². The van der Waals surface area contributed by atoms with E-state index in [0.717, 1.165) is 58.2 Å². The SMILES string of the molecule is CCOc1cc(CNCCCNC)cc(Br)c1OCc1ccc(Cl)cc1. The first-order valence-electron chi connectivity index (χ1n) is 8.81. The predicted octanol–water partition coefficient (Wildman–Crippen LogP) is 4.78. The highest BCUT2D eigenvalue weighted by Crippen LogP contribution is 2.37. The van der Waals surface area contributed by atoms with Crippen LogP contribution in [-0.4, -0.2) is 26.7 Å². The summed E-state index contributed by atoms with van der Waals surface area (Å²) < 4.78 is 12.7. The van der Waals surface area contributed by atoms with E-state index < -0.39 is 0 Å². The molecule has 0 aliphatic carbocycles. The van der Waals surface area contributed by atoms with E-state index in [9.17, 15) is 0 Å². The summed E-state index contributed by atoms with van der Waals surface area (Å²) in [6.45, 7) is 5.79. The Morgan fingerprint density at radius 3 is 2.50 bits per heavy atom. The Kier molecular flexibility index (Phi) is 9.26. The van der Waals surface area contributed by atoms with E-state index in [0.29, 0.717) is 13.2 Å². The second-order valence-electron chi connectivity index (χ2n) is 5.89. The van der Waals surface area contributed by atoms with Crippen LogP contribution < -0.4 is 20.1 Å². The van der Waals surface area contributed by atoms with Crippen LogP contribution in [0.4, 0.5) is 0 Å². The minimum Gasteiger partial charge on any atom is -0.490 e. The second-order valence-corrected chi connectivity index (χ2v) is 7.18. The van der Waals surface area contributed by atoms with Crippen molar-refractivity contribution < 1.29 is 9.47 Å². The van der Waals surface area contributed by atoms with E-state index >= 15 is 0 Å². The number of hydrogen-bond acceptors (Lipinski definition) is 4. The quantitative estimate of drug-likeness (QED) is 0.493. The zero-order valence-electron chi connectivity index (χ0n) is 15.3. The Morgan fingerprint density at radius 1 is 1.04 bits per heavy atom. The van der Waals surface area contributed by atoms with Crippen molar-refractivity contribution in [2.24, 2.45) is 0 Å². The molecule has 0 spiro atoms. The highest BCUT2D eigenvalue weighted by molar-refractivity contribution is 9.10. The van der Waals surface area contributed by atoms with Gasteiger partial charge < -0.3 is 20.1 Å². The molecule has 2 N–H and O–H groups in total. The molecule has 0 atom stereocenters. The lowest BCUT2D eigenvalue weighted by Crippen LogP contribution is -2.19. The van der Waals surface area contributed by atoms with Gasteiger partial charge in [0.1, 0.15) is 6.61 Å². The molecule has 0 unspecified atom stereocenters. The molecule has 0 fully saturated rings. The molecule has 26 heavy (non-hydrogen) atoms. The van der Waals surface area contributed by atoms with E-state index in [1.165, 1.54) is 0 Å². The average Bonchev–Trinajstić information content (AvgIpc) is 2.62. The van der Waals surface area contributed by atoms with E-state index in [1.54, 1.807) is 0 Å². The van der Waals surface area contributed by atoms with Gasteiger partial charge in [-0.15, -0.1) is 0 Å². The van der Waals surface area contributed by atoms with Gasteiger partial charge in [-0.1, -0.05) is 23.7 Å². The molecule has 2 aromatic rings. The van der Waals surface area contributed by atoms with Gasteiger partial charge in [0.15, 0.2) is 11.5 Å². The Hall–Kier alpha value is -1.27. The fourth-order valence-corrected chi connectivity index (χ4v) is 3.22. The number of rotatable bonds is 11. The molecule has 0 bridgehead atoms. The van der Waals surface area contributed by atoms with Gasteiger partial charge in [-0.05, 0) is 84.8 Å². The van der Waals surface area contributed by atoms with Crippen molar-refractivity contribution in [3.8, 4) is 11.5 Å². The molecule has 0 radical (unpaired) electrons. The first-order valence-corrected chi connectivity index (χ1v) is 9.99. The van der Waals surface area contributed by atoms with E-state index in [4.69, 9.17) is 21.1 Å². The Bertz CT molecular complexity index is 680. The highest BCUT2D eigenvalue weighted by Gasteiger charge is 2.12. The fraction of sp³-hybridized carbons (Fsp3) is 0.400. The summed E-state index contributed by atoms with van der Waals surface area (Å²) in [7, 11) is 1.97. The molecule has 0 aliphatic rings. The largest absolute Gasteiger partial charge is 0.490 e. The van der Waals surface area contributed by atoms with Crippen molar-refractivity contribution >= 4 is 27.5 Å². The summed E-state index contributed by atoms with van der Waals surface area (Å²) in [6.07, 6.45) is 1.10. The molecule has 0 saturated carbocycles. The summed E-state index contributed by atoms with van der Waals surface area (Å²) in [4.78, 5) is 0. The number of nitrogens with one attached hydrogen (secondary N) is 2. The minimum absolute atomic E-state index is 0.456. The van der Waals surface area contributed by atoms with Crippen LogP contribution in [0.5, 0.6) is 11.5 Å². The molecular weight excluding hydrogens is 416 g/mol. The summed E-state index contributed by atoms with van der Waals surface area (Å²) >= 11 is 9.55. The van der Waals surface area contributed by atoms with Crippen LogP contribution >= 0.6 is 27.5 Å². The maximum atomic E-state index is 6.02. The maximum absolute atomic E-state index is 6.02. The monoisotopic (exact) mass is 440 g/mol. The maximum Gasteiger partial charge on any atom is 0.175 e. The van der Waals surface area contributed by atoms with Gasteiger partial charge in [-0.25, -0.2) is 0 Å². The minimum atomic E-state index is 0.456. The van der Waals surface area contributed by atoms with Crippen LogP contribution in [0.3, 0.4) is 0 Å². The van der Waals surface area contributed by atoms with Crippen LogP contribution in [0, 0.1) is 0 Å². The third kappa shape index (κ3) is 6.80. The molecule has 2 rings (SSSR count). The third-order valence-corrected chi connectivity index (χ3v) is 4.62. The van der Waals surface area contributed by atoms with Crippen molar-refractivity contribution in [3.05, 3.63) is 57.0 Å². The average molecular weight is 442 g/mol. The Morgan fingerprint density at radius 2 is 1.81 bits per heavy atom. The molecular formula is C20H26BrClN2O2. The van der Waals surface area contributed by atoms with Crippen molar-refractivity contribution in [3.63, 3.8) is 0 Å². The third-order valence-electron chi connectivity index (χ3n) is 3.78. The van der Waals surface area contributed by atoms with Crippen molar-refractivity contribution in [2.75, 3.05) is 26.7 Å². The Balaban J connectivity index is 2.03. The van der Waals surface area contributed by atoms with Gasteiger partial charge in [0.05, 0.1) is 11.1 Å². The molecule has 142 valence electrons. The smallest absolute Gasteiger partial charge is 0.175 e. The summed E-state index contributed by atoms with van der Waals surface area (Å²) in [5, 5.41) is 7.31. The van der Waals surface area contributed by atoms with E-state index in [2.05, 4.69) is 32.6 Å². The number of ether oxygens (including phenoxy) is 2. The lowest BCUT2D eigenvalue weighted by atomic mass is 10.2. The lowest BCUT2D eigenvalue weighted by molar-refractivity contribution is 0.267. The first kappa shape index (κ1) is 21.0. The van der Waals surface area contributed by atoms with E-state index in [-0.39, 0.29) is 0 Å². The predicted molar refractivity (Wildman–Crippen MR) is 111 cm³/mol. The van der Waals surface area contributed by atoms with Crippen molar-refractivity contribution in [1.29, 1.82) is 0 Å². The van der Waals surface area contributed by atoms with Gasteiger partial charge >= 0.3 is 0 Å². The summed E-state index contributed by atoms with van der Waals surface area (Å²) in [5.41, 5.74) is 2.21. The Labute approximate surface area is 169 Å². The van der Waals surface area contributed by atoms with Gasteiger partial charge in [0, 0.05) is 11.6 Å². The number of halogens is 2. The molecule has 6 heteroatoms. The fourth-order valence-electron chi connectivity index (χ4n) is 2.49. The molecule has 0 aliphatic heterocycles. The van der Waals surface area contributed by atoms with Crippen LogP contribution in [0.2, 0.25) is 5.02 Å². The first-order chi connectivity index (χ1) is 12.6. The molecule has 2 aromatic carbocycles. The molecule has 4 nitrogen and oxygen atoms in total.